The molecule has 1 saturated heterocycles. The molecule has 0 unspecified atom stereocenters. The van der Waals surface area contributed by atoms with E-state index in [1.165, 1.54) is 146 Å². The first kappa shape index (κ1) is 23.0. The zero-order valence-electron chi connectivity index (χ0n) is 18.0. The Morgan fingerprint density at radius 3 is 1.20 bits per heavy atom. The maximum atomic E-state index is 2.32. The molecule has 0 atom stereocenters. The number of unbranched alkanes of at least 4 members (excludes halogenated alkanes) is 13. The Morgan fingerprint density at radius 1 is 0.440 bits per heavy atom. The van der Waals surface area contributed by atoms with E-state index in [-0.39, 0.29) is 0 Å². The van der Waals surface area contributed by atoms with Crippen LogP contribution in [0.4, 0.5) is 0 Å². The highest BCUT2D eigenvalue weighted by molar-refractivity contribution is 4.57. The molecule has 0 spiro atoms. The fourth-order valence-corrected chi connectivity index (χ4v) is 4.73. The van der Waals surface area contributed by atoms with Crippen molar-refractivity contribution in [2.24, 2.45) is 0 Å². The Bertz CT molecular complexity index is 267. The van der Waals surface area contributed by atoms with Gasteiger partial charge in [-0.25, -0.2) is 0 Å². The Balaban J connectivity index is 2.06. The minimum Gasteiger partial charge on any atom is -0.324 e. The lowest BCUT2D eigenvalue weighted by atomic mass is 10.0. The highest BCUT2D eigenvalue weighted by Crippen LogP contribution is 2.22. The first-order valence-electron chi connectivity index (χ1n) is 12.2. The quantitative estimate of drug-likeness (QED) is 0.184. The summed E-state index contributed by atoms with van der Waals surface area (Å²) < 4.78 is 1.49. The Labute approximate surface area is 160 Å². The lowest BCUT2D eigenvalue weighted by Gasteiger charge is -2.42. The second kappa shape index (κ2) is 16.2. The number of likely N-dealkylation sites (tertiary alicyclic amines) is 1. The largest absolute Gasteiger partial charge is 0.324 e. The van der Waals surface area contributed by atoms with Crippen molar-refractivity contribution in [2.75, 3.05) is 26.2 Å². The van der Waals surface area contributed by atoms with Gasteiger partial charge >= 0.3 is 0 Å². The average Bonchev–Trinajstić information content (AvgIpc) is 2.64. The van der Waals surface area contributed by atoms with Crippen LogP contribution in [0.2, 0.25) is 0 Å². The predicted molar refractivity (Wildman–Crippen MR) is 114 cm³/mol. The van der Waals surface area contributed by atoms with Gasteiger partial charge in [-0.05, 0) is 44.9 Å². The molecule has 1 aliphatic heterocycles. The number of hydrogen-bond donors (Lipinski definition) is 0. The number of nitrogens with zero attached hydrogens (tertiary/aromatic N) is 1. The van der Waals surface area contributed by atoms with Gasteiger partial charge in [-0.15, -0.1) is 0 Å². The molecule has 0 radical (unpaired) electrons. The normalized spacial score (nSPS) is 17.0. The van der Waals surface area contributed by atoms with Crippen molar-refractivity contribution in [2.45, 2.75) is 129 Å². The summed E-state index contributed by atoms with van der Waals surface area (Å²) in [4.78, 5) is 0. The molecule has 0 aromatic carbocycles. The molecule has 0 amide bonds. The summed E-state index contributed by atoms with van der Waals surface area (Å²) in [5, 5.41) is 0. The van der Waals surface area contributed by atoms with Crippen LogP contribution in [0.3, 0.4) is 0 Å². The molecule has 0 aromatic heterocycles. The van der Waals surface area contributed by atoms with Crippen LogP contribution in [0.15, 0.2) is 0 Å². The van der Waals surface area contributed by atoms with Crippen LogP contribution in [0.25, 0.3) is 0 Å². The molecule has 0 aromatic rings. The van der Waals surface area contributed by atoms with Crippen molar-refractivity contribution in [1.29, 1.82) is 0 Å². The molecule has 0 saturated carbocycles. The maximum absolute atomic E-state index is 2.32. The lowest BCUT2D eigenvalue weighted by Crippen LogP contribution is -2.52. The highest BCUT2D eigenvalue weighted by Gasteiger charge is 2.28. The molecule has 1 aliphatic rings. The molecule has 0 aliphatic carbocycles. The van der Waals surface area contributed by atoms with Crippen molar-refractivity contribution in [3.63, 3.8) is 0 Å². The summed E-state index contributed by atoms with van der Waals surface area (Å²) in [5.41, 5.74) is 0. The van der Waals surface area contributed by atoms with Crippen LogP contribution in [0.5, 0.6) is 0 Å². The van der Waals surface area contributed by atoms with Crippen LogP contribution < -0.4 is 0 Å². The predicted octanol–water partition coefficient (Wildman–Crippen LogP) is 7.88. The van der Waals surface area contributed by atoms with E-state index in [1.54, 1.807) is 0 Å². The zero-order chi connectivity index (χ0) is 18.1. The van der Waals surface area contributed by atoms with Gasteiger partial charge in [-0.3, -0.25) is 0 Å². The summed E-state index contributed by atoms with van der Waals surface area (Å²) in [6.45, 7) is 10.6. The Kier molecular flexibility index (Phi) is 14.9. The molecule has 150 valence electrons. The summed E-state index contributed by atoms with van der Waals surface area (Å²) in [7, 11) is 0. The third-order valence-electron chi connectivity index (χ3n) is 6.49. The van der Waals surface area contributed by atoms with E-state index in [9.17, 15) is 0 Å². The van der Waals surface area contributed by atoms with E-state index >= 15 is 0 Å². The topological polar surface area (TPSA) is 0 Å². The standard InChI is InChI=1S/C24H50N/c1-3-5-7-9-10-11-12-13-15-18-22-25(23-19-16-20-24-25)21-17-14-8-6-4-2/h3-24H2,1-2H3/q+1. The highest BCUT2D eigenvalue weighted by atomic mass is 15.3. The van der Waals surface area contributed by atoms with Crippen LogP contribution in [-0.2, 0) is 0 Å². The van der Waals surface area contributed by atoms with Gasteiger partial charge in [0.05, 0.1) is 26.2 Å². The second-order valence-corrected chi connectivity index (χ2v) is 8.89. The first-order valence-corrected chi connectivity index (χ1v) is 12.2. The van der Waals surface area contributed by atoms with E-state index in [2.05, 4.69) is 13.8 Å². The molecule has 1 heterocycles. The fourth-order valence-electron chi connectivity index (χ4n) is 4.73. The van der Waals surface area contributed by atoms with Gasteiger partial charge in [0.15, 0.2) is 0 Å². The van der Waals surface area contributed by atoms with E-state index in [4.69, 9.17) is 0 Å². The number of piperidine rings is 1. The van der Waals surface area contributed by atoms with Gasteiger partial charge in [0, 0.05) is 0 Å². The minimum absolute atomic E-state index is 1.37. The van der Waals surface area contributed by atoms with Crippen molar-refractivity contribution in [3.8, 4) is 0 Å². The third kappa shape index (κ3) is 12.1. The SMILES string of the molecule is CCCCCCCCCCCC[N+]1(CCCCCCC)CCCCC1. The van der Waals surface area contributed by atoms with E-state index in [0.29, 0.717) is 0 Å². The van der Waals surface area contributed by atoms with E-state index in [0.717, 1.165) is 0 Å². The summed E-state index contributed by atoms with van der Waals surface area (Å²) >= 11 is 0. The van der Waals surface area contributed by atoms with Gasteiger partial charge in [0.25, 0.3) is 0 Å². The van der Waals surface area contributed by atoms with Gasteiger partial charge in [-0.2, -0.15) is 0 Å². The lowest BCUT2D eigenvalue weighted by molar-refractivity contribution is -0.932. The number of quaternary nitrogens is 1. The van der Waals surface area contributed by atoms with E-state index < -0.39 is 0 Å². The molecule has 25 heavy (non-hydrogen) atoms. The average molecular weight is 353 g/mol. The second-order valence-electron chi connectivity index (χ2n) is 8.89. The fraction of sp³-hybridized carbons (Fsp3) is 1.00. The van der Waals surface area contributed by atoms with Crippen molar-refractivity contribution in [1.82, 2.24) is 0 Å². The number of rotatable bonds is 17. The molecule has 1 fully saturated rings. The Hall–Kier alpha value is -0.0400. The summed E-state index contributed by atoms with van der Waals surface area (Å²) in [6.07, 6.45) is 26.4. The van der Waals surface area contributed by atoms with Crippen molar-refractivity contribution >= 4 is 0 Å². The van der Waals surface area contributed by atoms with Crippen LogP contribution in [0.1, 0.15) is 129 Å². The summed E-state index contributed by atoms with van der Waals surface area (Å²) in [6, 6.07) is 0. The van der Waals surface area contributed by atoms with Crippen LogP contribution in [-0.4, -0.2) is 30.7 Å². The molecular formula is C24H50N+. The van der Waals surface area contributed by atoms with Gasteiger partial charge in [0.1, 0.15) is 0 Å². The smallest absolute Gasteiger partial charge is 0.0786 e. The number of hydrogen-bond acceptors (Lipinski definition) is 0. The third-order valence-corrected chi connectivity index (χ3v) is 6.49. The Morgan fingerprint density at radius 2 is 0.800 bits per heavy atom. The van der Waals surface area contributed by atoms with E-state index in [1.807, 2.05) is 0 Å². The molecule has 1 heteroatoms. The van der Waals surface area contributed by atoms with Crippen LogP contribution in [0, 0.1) is 0 Å². The maximum Gasteiger partial charge on any atom is 0.0786 e. The molecular weight excluding hydrogens is 302 g/mol. The minimum atomic E-state index is 1.37. The summed E-state index contributed by atoms with van der Waals surface area (Å²) in [5.74, 6) is 0. The molecule has 0 bridgehead atoms. The molecule has 0 N–H and O–H groups in total. The monoisotopic (exact) mass is 352 g/mol. The zero-order valence-corrected chi connectivity index (χ0v) is 18.0. The van der Waals surface area contributed by atoms with Crippen molar-refractivity contribution < 1.29 is 4.48 Å². The first-order chi connectivity index (χ1) is 12.3. The van der Waals surface area contributed by atoms with Gasteiger partial charge < -0.3 is 4.48 Å². The molecule has 1 rings (SSSR count). The van der Waals surface area contributed by atoms with Gasteiger partial charge in [0.2, 0.25) is 0 Å². The molecule has 1 nitrogen and oxygen atoms in total. The van der Waals surface area contributed by atoms with Gasteiger partial charge in [-0.1, -0.05) is 84.5 Å². The van der Waals surface area contributed by atoms with Crippen molar-refractivity contribution in [3.05, 3.63) is 0 Å². The van der Waals surface area contributed by atoms with Crippen LogP contribution >= 0.6 is 0 Å².